The van der Waals surface area contributed by atoms with Crippen molar-refractivity contribution >= 4 is 17.8 Å². The van der Waals surface area contributed by atoms with E-state index in [4.69, 9.17) is 18.9 Å². The predicted octanol–water partition coefficient (Wildman–Crippen LogP) is 6.30. The standard InChI is InChI=1S/C40H52N4O6/c1-6-8-10-15-33-28-41-38(44(33)24-25-50-7-2)36(45)30-16-20-42(21-17-30)22-18-40(32-13-11-9-12-14-32)19-23-43(29-40)39(46)31-26-34(47-3)37(49-5)35(27-31)48-4/h6,8-15,26-28,30H,7,16-25,29H2,1-5H3/b8-6-,15-10-. The van der Waals surface area contributed by atoms with Crippen LogP contribution in [-0.4, -0.2) is 98.3 Å². The molecule has 1 unspecified atom stereocenters. The Balaban J connectivity index is 1.25. The summed E-state index contributed by atoms with van der Waals surface area (Å²) in [5.41, 5.74) is 2.49. The van der Waals surface area contributed by atoms with Gasteiger partial charge in [0, 0.05) is 43.1 Å². The van der Waals surface area contributed by atoms with Crippen LogP contribution in [0.2, 0.25) is 0 Å². The second-order valence-corrected chi connectivity index (χ2v) is 13.0. The number of nitrogens with zero attached hydrogens (tertiary/aromatic N) is 4. The quantitative estimate of drug-likeness (QED) is 0.0986. The fourth-order valence-electron chi connectivity index (χ4n) is 7.30. The van der Waals surface area contributed by atoms with Gasteiger partial charge in [-0.05, 0) is 82.9 Å². The van der Waals surface area contributed by atoms with Crippen molar-refractivity contribution in [1.29, 1.82) is 0 Å². The third-order valence-corrected chi connectivity index (χ3v) is 10.1. The molecule has 10 heteroatoms. The minimum absolute atomic E-state index is 0.0542. The zero-order chi connectivity index (χ0) is 35.5. The van der Waals surface area contributed by atoms with Crippen molar-refractivity contribution in [1.82, 2.24) is 19.4 Å². The van der Waals surface area contributed by atoms with Gasteiger partial charge in [0.15, 0.2) is 17.3 Å². The number of allylic oxidation sites excluding steroid dienone is 3. The van der Waals surface area contributed by atoms with E-state index in [9.17, 15) is 9.59 Å². The number of rotatable bonds is 16. The first-order chi connectivity index (χ1) is 24.4. The number of carbonyl (C=O) groups excluding carboxylic acids is 2. The number of imidazole rings is 1. The van der Waals surface area contributed by atoms with Crippen molar-refractivity contribution in [2.75, 3.05) is 67.3 Å². The Kier molecular flexibility index (Phi) is 12.9. The maximum absolute atomic E-state index is 13.9. The van der Waals surface area contributed by atoms with Crippen LogP contribution in [-0.2, 0) is 16.7 Å². The molecule has 2 saturated heterocycles. The Morgan fingerprint density at radius 1 is 0.960 bits per heavy atom. The molecule has 0 saturated carbocycles. The number of piperidine rings is 1. The van der Waals surface area contributed by atoms with Gasteiger partial charge in [0.05, 0.1) is 39.8 Å². The number of hydrogen-bond donors (Lipinski definition) is 0. The van der Waals surface area contributed by atoms with Crippen molar-refractivity contribution in [2.45, 2.75) is 51.5 Å². The number of methoxy groups -OCH3 is 3. The number of likely N-dealkylation sites (tertiary alicyclic amines) is 2. The highest BCUT2D eigenvalue weighted by molar-refractivity contribution is 5.96. The number of amides is 1. The van der Waals surface area contributed by atoms with Crippen LogP contribution in [0.4, 0.5) is 0 Å². The number of ether oxygens (including phenoxy) is 4. The van der Waals surface area contributed by atoms with Crippen LogP contribution < -0.4 is 14.2 Å². The third-order valence-electron chi connectivity index (χ3n) is 10.1. The van der Waals surface area contributed by atoms with E-state index in [1.807, 2.05) is 53.7 Å². The van der Waals surface area contributed by atoms with Crippen LogP contribution in [0.15, 0.2) is 66.9 Å². The van der Waals surface area contributed by atoms with Gasteiger partial charge < -0.3 is 33.3 Å². The molecular weight excluding hydrogens is 632 g/mol. The summed E-state index contributed by atoms with van der Waals surface area (Å²) in [6, 6.07) is 14.0. The first-order valence-corrected chi connectivity index (χ1v) is 17.7. The second kappa shape index (κ2) is 17.5. The van der Waals surface area contributed by atoms with Crippen LogP contribution in [0.5, 0.6) is 17.2 Å². The Morgan fingerprint density at radius 2 is 1.68 bits per heavy atom. The summed E-state index contributed by atoms with van der Waals surface area (Å²) in [5, 5.41) is 0. The molecule has 2 aliphatic rings. The summed E-state index contributed by atoms with van der Waals surface area (Å²) in [5.74, 6) is 1.90. The van der Waals surface area contributed by atoms with E-state index >= 15 is 0 Å². The molecule has 2 aliphatic heterocycles. The summed E-state index contributed by atoms with van der Waals surface area (Å²) in [7, 11) is 4.67. The first-order valence-electron chi connectivity index (χ1n) is 17.7. The van der Waals surface area contributed by atoms with Gasteiger partial charge in [0.25, 0.3) is 5.91 Å². The molecule has 1 aromatic heterocycles. The highest BCUT2D eigenvalue weighted by Crippen LogP contribution is 2.41. The van der Waals surface area contributed by atoms with Gasteiger partial charge in [0.1, 0.15) is 0 Å². The molecule has 0 aliphatic carbocycles. The molecule has 1 atom stereocenters. The summed E-state index contributed by atoms with van der Waals surface area (Å²) < 4.78 is 24.1. The molecule has 2 aromatic carbocycles. The van der Waals surface area contributed by atoms with Gasteiger partial charge in [-0.2, -0.15) is 0 Å². The largest absolute Gasteiger partial charge is 0.493 e. The average molecular weight is 685 g/mol. The average Bonchev–Trinajstić information content (AvgIpc) is 3.79. The summed E-state index contributed by atoms with van der Waals surface area (Å²) in [6.07, 6.45) is 13.1. The lowest BCUT2D eigenvalue weighted by Crippen LogP contribution is -2.41. The maximum Gasteiger partial charge on any atom is 0.254 e. The van der Waals surface area contributed by atoms with Crippen molar-refractivity contribution in [2.24, 2.45) is 5.92 Å². The SMILES string of the molecule is C/C=C\C=C/c1cnc(C(=O)C2CCN(CCC3(c4ccccc4)CCN(C(=O)c4cc(OC)c(OC)c(OC)c4)C3)CC2)n1CCOCC. The minimum Gasteiger partial charge on any atom is -0.493 e. The molecule has 0 bridgehead atoms. The van der Waals surface area contributed by atoms with Crippen LogP contribution in [0.1, 0.15) is 71.8 Å². The second-order valence-electron chi connectivity index (χ2n) is 13.0. The lowest BCUT2D eigenvalue weighted by atomic mass is 9.76. The van der Waals surface area contributed by atoms with E-state index in [1.54, 1.807) is 39.7 Å². The highest BCUT2D eigenvalue weighted by Gasteiger charge is 2.42. The van der Waals surface area contributed by atoms with E-state index in [0.29, 0.717) is 61.5 Å². The highest BCUT2D eigenvalue weighted by atomic mass is 16.5. The van der Waals surface area contributed by atoms with E-state index in [1.165, 1.54) is 5.56 Å². The van der Waals surface area contributed by atoms with Crippen molar-refractivity contribution in [3.63, 3.8) is 0 Å². The number of benzene rings is 2. The zero-order valence-corrected chi connectivity index (χ0v) is 30.2. The molecule has 0 radical (unpaired) electrons. The minimum atomic E-state index is -0.174. The normalized spacial score (nSPS) is 18.7. The summed E-state index contributed by atoms with van der Waals surface area (Å²) >= 11 is 0. The van der Waals surface area contributed by atoms with Crippen LogP contribution in [0.3, 0.4) is 0 Å². The van der Waals surface area contributed by atoms with Gasteiger partial charge >= 0.3 is 0 Å². The van der Waals surface area contributed by atoms with Gasteiger partial charge in [-0.25, -0.2) is 4.98 Å². The van der Waals surface area contributed by atoms with E-state index in [-0.39, 0.29) is 23.0 Å². The van der Waals surface area contributed by atoms with Crippen molar-refractivity contribution in [3.05, 3.63) is 89.5 Å². The molecule has 5 rings (SSSR count). The first kappa shape index (κ1) is 36.9. The molecule has 10 nitrogen and oxygen atoms in total. The lowest BCUT2D eigenvalue weighted by molar-refractivity contribution is 0.0777. The van der Waals surface area contributed by atoms with Crippen LogP contribution in [0, 0.1) is 5.92 Å². The molecule has 2 fully saturated rings. The van der Waals surface area contributed by atoms with Crippen molar-refractivity contribution in [3.8, 4) is 17.2 Å². The molecule has 0 N–H and O–H groups in total. The predicted molar refractivity (Wildman–Crippen MR) is 195 cm³/mol. The van der Waals surface area contributed by atoms with Gasteiger partial charge in [-0.15, -0.1) is 0 Å². The molecular formula is C40H52N4O6. The number of aromatic nitrogens is 2. The smallest absolute Gasteiger partial charge is 0.254 e. The number of Topliss-reactive ketones (excluding diaryl/α,β-unsaturated/α-hetero) is 1. The van der Waals surface area contributed by atoms with Gasteiger partial charge in [-0.3, -0.25) is 9.59 Å². The topological polar surface area (TPSA) is 95.4 Å². The molecule has 268 valence electrons. The third kappa shape index (κ3) is 8.30. The fourth-order valence-corrected chi connectivity index (χ4v) is 7.30. The zero-order valence-electron chi connectivity index (χ0n) is 30.2. The monoisotopic (exact) mass is 684 g/mol. The van der Waals surface area contributed by atoms with E-state index in [0.717, 1.165) is 51.0 Å². The van der Waals surface area contributed by atoms with Gasteiger partial charge in [-0.1, -0.05) is 48.6 Å². The summed E-state index contributed by atoms with van der Waals surface area (Å²) in [6.45, 7) is 9.57. The number of hydrogen-bond acceptors (Lipinski definition) is 8. The van der Waals surface area contributed by atoms with Gasteiger partial charge in [0.2, 0.25) is 11.5 Å². The molecule has 1 amide bonds. The maximum atomic E-state index is 13.9. The number of carbonyl (C=O) groups is 2. The summed E-state index contributed by atoms with van der Waals surface area (Å²) in [4.78, 5) is 36.7. The lowest BCUT2D eigenvalue weighted by Gasteiger charge is -2.36. The molecule has 50 heavy (non-hydrogen) atoms. The Bertz CT molecular complexity index is 1620. The van der Waals surface area contributed by atoms with E-state index < -0.39 is 0 Å². The molecule has 3 heterocycles. The Morgan fingerprint density at radius 3 is 2.32 bits per heavy atom. The Hall–Kier alpha value is -4.41. The van der Waals surface area contributed by atoms with E-state index in [2.05, 4.69) is 34.1 Å². The molecule has 3 aromatic rings. The van der Waals surface area contributed by atoms with Crippen molar-refractivity contribution < 1.29 is 28.5 Å². The number of ketones is 1. The fraction of sp³-hybridized carbons (Fsp3) is 0.475. The Labute approximate surface area is 296 Å². The van der Waals surface area contributed by atoms with Crippen LogP contribution >= 0.6 is 0 Å². The molecule has 0 spiro atoms. The van der Waals surface area contributed by atoms with Crippen LogP contribution in [0.25, 0.3) is 6.08 Å².